The van der Waals surface area contributed by atoms with Crippen LogP contribution in [0.15, 0.2) is 70.9 Å². The minimum Gasteiger partial charge on any atom is -0.336 e. The van der Waals surface area contributed by atoms with Crippen molar-refractivity contribution >= 4 is 17.7 Å². The van der Waals surface area contributed by atoms with E-state index >= 15 is 0 Å². The highest BCUT2D eigenvalue weighted by molar-refractivity contribution is 7.98. The summed E-state index contributed by atoms with van der Waals surface area (Å²) in [6.45, 7) is 3.83. The second-order valence-corrected chi connectivity index (χ2v) is 10.3. The summed E-state index contributed by atoms with van der Waals surface area (Å²) in [5.41, 5.74) is 4.10. The monoisotopic (exact) mass is 499 g/mol. The van der Waals surface area contributed by atoms with Crippen molar-refractivity contribution in [2.45, 2.75) is 36.7 Å². The normalized spacial score (nSPS) is 18.6. The number of hydrogen-bond acceptors (Lipinski definition) is 7. The molecule has 2 aliphatic rings. The third-order valence-electron chi connectivity index (χ3n) is 6.89. The first-order chi connectivity index (χ1) is 17.6. The van der Waals surface area contributed by atoms with E-state index in [0.29, 0.717) is 41.9 Å². The number of fused-ring (bicyclic) bond motifs is 4. The Morgan fingerprint density at radius 3 is 2.64 bits per heavy atom. The fourth-order valence-electron chi connectivity index (χ4n) is 5.20. The predicted octanol–water partition coefficient (Wildman–Crippen LogP) is 3.08. The van der Waals surface area contributed by atoms with E-state index in [1.807, 2.05) is 52.8 Å². The number of aryl methyl sites for hydroxylation is 1. The third-order valence-corrected chi connectivity index (χ3v) is 7.78. The van der Waals surface area contributed by atoms with Gasteiger partial charge in [-0.1, -0.05) is 40.7 Å². The van der Waals surface area contributed by atoms with E-state index in [9.17, 15) is 9.59 Å². The Morgan fingerprint density at radius 2 is 1.83 bits per heavy atom. The molecule has 0 saturated carbocycles. The molecule has 2 bridgehead atoms. The van der Waals surface area contributed by atoms with E-state index in [1.54, 1.807) is 29.2 Å². The molecule has 2 atom stereocenters. The van der Waals surface area contributed by atoms with Gasteiger partial charge in [-0.3, -0.25) is 9.59 Å². The molecule has 1 aromatic carbocycles. The molecule has 0 radical (unpaired) electrons. The summed E-state index contributed by atoms with van der Waals surface area (Å²) < 4.78 is 3.61. The number of pyridine rings is 1. The summed E-state index contributed by atoms with van der Waals surface area (Å²) in [4.78, 5) is 36.7. The van der Waals surface area contributed by atoms with Crippen molar-refractivity contribution < 1.29 is 4.79 Å². The van der Waals surface area contributed by atoms with E-state index < -0.39 is 0 Å². The van der Waals surface area contributed by atoms with Gasteiger partial charge in [-0.25, -0.2) is 14.6 Å². The molecule has 36 heavy (non-hydrogen) atoms. The molecule has 0 aliphatic carbocycles. The molecule has 9 nitrogen and oxygen atoms in total. The summed E-state index contributed by atoms with van der Waals surface area (Å²) in [7, 11) is 0. The first-order valence-electron chi connectivity index (χ1n) is 12.0. The van der Waals surface area contributed by atoms with Crippen LogP contribution in [0.4, 0.5) is 0 Å². The maximum atomic E-state index is 13.8. The number of nitrogens with zero attached hydrogens (tertiary/aromatic N) is 7. The van der Waals surface area contributed by atoms with Crippen LogP contribution >= 0.6 is 11.8 Å². The second kappa shape index (κ2) is 9.34. The molecule has 3 aromatic heterocycles. The van der Waals surface area contributed by atoms with Crippen LogP contribution in [-0.4, -0.2) is 53.4 Å². The molecule has 10 heteroatoms. The van der Waals surface area contributed by atoms with E-state index in [0.717, 1.165) is 23.4 Å². The highest BCUT2D eigenvalue weighted by atomic mass is 32.2. The Bertz CT molecular complexity index is 1470. The fraction of sp³-hybridized carbons (Fsp3) is 0.308. The van der Waals surface area contributed by atoms with Gasteiger partial charge in [0.15, 0.2) is 10.9 Å². The SMILES string of the molecule is Cc1ccc(-n2nnc(C(=O)N3CC4CC(C3)c3cccc(=O)n3C4)c2CSc2ncccn2)cc1. The molecule has 182 valence electrons. The van der Waals surface area contributed by atoms with Gasteiger partial charge in [0, 0.05) is 55.5 Å². The third kappa shape index (κ3) is 4.21. The van der Waals surface area contributed by atoms with E-state index in [-0.39, 0.29) is 23.3 Å². The average Bonchev–Trinajstić information content (AvgIpc) is 3.32. The van der Waals surface area contributed by atoms with Gasteiger partial charge in [-0.15, -0.1) is 5.10 Å². The van der Waals surface area contributed by atoms with Crippen LogP contribution in [0.5, 0.6) is 0 Å². The summed E-state index contributed by atoms with van der Waals surface area (Å²) >= 11 is 1.45. The lowest BCUT2D eigenvalue weighted by Gasteiger charge is -2.42. The fourth-order valence-corrected chi connectivity index (χ4v) is 5.99. The highest BCUT2D eigenvalue weighted by Crippen LogP contribution is 2.36. The molecular formula is C26H25N7O2S. The van der Waals surface area contributed by atoms with Crippen LogP contribution in [0.2, 0.25) is 0 Å². The molecule has 4 aromatic rings. The maximum absolute atomic E-state index is 13.8. The Hall–Kier alpha value is -3.79. The van der Waals surface area contributed by atoms with Gasteiger partial charge in [-0.2, -0.15) is 0 Å². The van der Waals surface area contributed by atoms with Crippen LogP contribution in [-0.2, 0) is 12.3 Å². The zero-order valence-electron chi connectivity index (χ0n) is 19.8. The van der Waals surface area contributed by atoms with Crippen molar-refractivity contribution in [1.82, 2.24) is 34.4 Å². The molecule has 0 N–H and O–H groups in total. The van der Waals surface area contributed by atoms with E-state index in [2.05, 4.69) is 20.3 Å². The van der Waals surface area contributed by atoms with Crippen molar-refractivity contribution in [3.63, 3.8) is 0 Å². The Labute approximate surface area is 212 Å². The maximum Gasteiger partial charge on any atom is 0.276 e. The zero-order valence-corrected chi connectivity index (χ0v) is 20.6. The number of hydrogen-bond donors (Lipinski definition) is 0. The number of likely N-dealkylation sites (tertiary alicyclic amines) is 1. The van der Waals surface area contributed by atoms with Crippen LogP contribution in [0, 0.1) is 12.8 Å². The van der Waals surface area contributed by atoms with Crippen LogP contribution in [0.25, 0.3) is 5.69 Å². The van der Waals surface area contributed by atoms with Crippen LogP contribution < -0.4 is 5.56 Å². The number of benzene rings is 1. The molecule has 1 amide bonds. The van der Waals surface area contributed by atoms with Crippen LogP contribution in [0.1, 0.15) is 39.8 Å². The predicted molar refractivity (Wildman–Crippen MR) is 135 cm³/mol. The van der Waals surface area contributed by atoms with Crippen LogP contribution in [0.3, 0.4) is 0 Å². The minimum absolute atomic E-state index is 0.0328. The first kappa shape index (κ1) is 22.7. The number of carbonyl (C=O) groups is 1. The lowest BCUT2D eigenvalue weighted by atomic mass is 9.83. The molecule has 6 rings (SSSR count). The molecule has 2 aliphatic heterocycles. The Morgan fingerprint density at radius 1 is 1.03 bits per heavy atom. The van der Waals surface area contributed by atoms with Gasteiger partial charge >= 0.3 is 0 Å². The van der Waals surface area contributed by atoms with E-state index in [4.69, 9.17) is 0 Å². The Kier molecular flexibility index (Phi) is 5.88. The summed E-state index contributed by atoms with van der Waals surface area (Å²) in [6.07, 6.45) is 4.39. The molecule has 0 spiro atoms. The minimum atomic E-state index is -0.126. The van der Waals surface area contributed by atoms with Gasteiger partial charge < -0.3 is 9.47 Å². The van der Waals surface area contributed by atoms with Crippen molar-refractivity contribution in [3.8, 4) is 5.69 Å². The standard InChI is InChI=1S/C26H25N7O2S/c1-17-6-8-20(9-7-17)33-22(16-36-26-27-10-3-11-28-26)24(29-30-33)25(35)31-13-18-12-19(15-31)21-4-2-5-23(34)32(21)14-18/h2-11,18-19H,12-16H2,1H3. The number of aromatic nitrogens is 6. The first-order valence-corrected chi connectivity index (χ1v) is 13.0. The zero-order chi connectivity index (χ0) is 24.6. The smallest absolute Gasteiger partial charge is 0.276 e. The van der Waals surface area contributed by atoms with Gasteiger partial charge in [0.25, 0.3) is 11.5 Å². The number of carbonyl (C=O) groups excluding carboxylic acids is 1. The van der Waals surface area contributed by atoms with E-state index in [1.165, 1.54) is 11.8 Å². The molecule has 1 fully saturated rings. The number of rotatable bonds is 5. The summed E-state index contributed by atoms with van der Waals surface area (Å²) in [6, 6.07) is 15.2. The topological polar surface area (TPSA) is 98.8 Å². The molecule has 2 unspecified atom stereocenters. The summed E-state index contributed by atoms with van der Waals surface area (Å²) in [5.74, 6) is 0.700. The van der Waals surface area contributed by atoms with Gasteiger partial charge in [0.1, 0.15) is 0 Å². The summed E-state index contributed by atoms with van der Waals surface area (Å²) in [5, 5.41) is 9.38. The van der Waals surface area contributed by atoms with Gasteiger partial charge in [0.05, 0.1) is 11.4 Å². The number of piperidine rings is 1. The Balaban J connectivity index is 1.32. The molecule has 5 heterocycles. The largest absolute Gasteiger partial charge is 0.336 e. The van der Waals surface area contributed by atoms with Crippen molar-refractivity contribution in [3.05, 3.63) is 93.9 Å². The van der Waals surface area contributed by atoms with Gasteiger partial charge in [0.2, 0.25) is 0 Å². The van der Waals surface area contributed by atoms with Crippen molar-refractivity contribution in [2.24, 2.45) is 5.92 Å². The van der Waals surface area contributed by atoms with Crippen molar-refractivity contribution in [2.75, 3.05) is 13.1 Å². The quantitative estimate of drug-likeness (QED) is 0.307. The number of amides is 1. The lowest BCUT2D eigenvalue weighted by Crippen LogP contribution is -2.49. The molecular weight excluding hydrogens is 474 g/mol. The highest BCUT2D eigenvalue weighted by Gasteiger charge is 2.38. The number of thioether (sulfide) groups is 1. The second-order valence-electron chi connectivity index (χ2n) is 9.36. The average molecular weight is 500 g/mol. The lowest BCUT2D eigenvalue weighted by molar-refractivity contribution is 0.0588. The van der Waals surface area contributed by atoms with Gasteiger partial charge in [-0.05, 0) is 43.5 Å². The van der Waals surface area contributed by atoms with Crippen molar-refractivity contribution in [1.29, 1.82) is 0 Å². The molecule has 1 saturated heterocycles.